The molecule has 0 bridgehead atoms. The highest BCUT2D eigenvalue weighted by Crippen LogP contribution is 2.31. The molecule has 0 N–H and O–H groups in total. The van der Waals surface area contributed by atoms with Gasteiger partial charge in [0.25, 0.3) is 0 Å². The largest absolute Gasteiger partial charge is 0.340 e. The van der Waals surface area contributed by atoms with E-state index >= 15 is 0 Å². The Hall–Kier alpha value is -1.76. The van der Waals surface area contributed by atoms with E-state index in [1.54, 1.807) is 0 Å². The van der Waals surface area contributed by atoms with Crippen molar-refractivity contribution in [3.05, 3.63) is 47.5 Å². The molecule has 0 fully saturated rings. The number of hydrogen-bond acceptors (Lipinski definition) is 0. The highest BCUT2D eigenvalue weighted by atomic mass is 15.0. The topological polar surface area (TPSA) is 4.93 Å². The lowest BCUT2D eigenvalue weighted by Gasteiger charge is -2.07. The van der Waals surface area contributed by atoms with E-state index in [0.29, 0.717) is 0 Å². The van der Waals surface area contributed by atoms with Gasteiger partial charge in [-0.15, -0.1) is 0 Å². The Labute approximate surface area is 121 Å². The molecule has 2 aromatic carbocycles. The molecule has 0 saturated carbocycles. The summed E-state index contributed by atoms with van der Waals surface area (Å²) in [5, 5.41) is 2.79. The molecule has 3 aromatic rings. The number of benzene rings is 2. The van der Waals surface area contributed by atoms with Gasteiger partial charge >= 0.3 is 0 Å². The van der Waals surface area contributed by atoms with Crippen molar-refractivity contribution < 1.29 is 0 Å². The lowest BCUT2D eigenvalue weighted by atomic mass is 10.1. The number of aryl methyl sites for hydroxylation is 3. The van der Waals surface area contributed by atoms with Crippen molar-refractivity contribution in [1.29, 1.82) is 0 Å². The van der Waals surface area contributed by atoms with E-state index in [9.17, 15) is 0 Å². The van der Waals surface area contributed by atoms with Crippen molar-refractivity contribution in [2.24, 2.45) is 0 Å². The molecule has 0 radical (unpaired) electrons. The van der Waals surface area contributed by atoms with E-state index in [-0.39, 0.29) is 0 Å². The molecule has 0 amide bonds. The van der Waals surface area contributed by atoms with Crippen molar-refractivity contribution in [3.8, 4) is 0 Å². The Balaban J connectivity index is 2.34. The Morgan fingerprint density at radius 2 is 1.55 bits per heavy atom. The van der Waals surface area contributed by atoms with Gasteiger partial charge in [0.2, 0.25) is 0 Å². The molecule has 0 aliphatic carbocycles. The minimum absolute atomic E-state index is 1.10. The van der Waals surface area contributed by atoms with Crippen LogP contribution in [0.1, 0.15) is 37.8 Å². The molecule has 0 unspecified atom stereocenters. The summed E-state index contributed by atoms with van der Waals surface area (Å²) in [6.45, 7) is 7.77. The number of nitrogens with zero attached hydrogens (tertiary/aromatic N) is 1. The van der Waals surface area contributed by atoms with Gasteiger partial charge in [0.1, 0.15) is 0 Å². The number of rotatable bonds is 4. The van der Waals surface area contributed by atoms with Gasteiger partial charge in [0.05, 0.1) is 0 Å². The lowest BCUT2D eigenvalue weighted by Crippen LogP contribution is -1.96. The number of fused-ring (bicyclic) bond motifs is 3. The van der Waals surface area contributed by atoms with Gasteiger partial charge < -0.3 is 4.57 Å². The molecule has 0 saturated heterocycles. The Morgan fingerprint density at radius 3 is 2.25 bits per heavy atom. The summed E-state index contributed by atoms with van der Waals surface area (Å²) >= 11 is 0. The highest BCUT2D eigenvalue weighted by molar-refractivity contribution is 6.08. The summed E-state index contributed by atoms with van der Waals surface area (Å²) in [6.07, 6.45) is 3.55. The molecule has 1 heterocycles. The highest BCUT2D eigenvalue weighted by Gasteiger charge is 2.10. The van der Waals surface area contributed by atoms with E-state index in [2.05, 4.69) is 61.7 Å². The zero-order valence-electron chi connectivity index (χ0n) is 12.7. The normalized spacial score (nSPS) is 11.6. The van der Waals surface area contributed by atoms with Crippen LogP contribution in [0.5, 0.6) is 0 Å². The van der Waals surface area contributed by atoms with Gasteiger partial charge in [0, 0.05) is 28.4 Å². The van der Waals surface area contributed by atoms with Crippen molar-refractivity contribution in [1.82, 2.24) is 4.57 Å². The van der Waals surface area contributed by atoms with Gasteiger partial charge in [-0.25, -0.2) is 0 Å². The fourth-order valence-corrected chi connectivity index (χ4v) is 3.16. The van der Waals surface area contributed by atoms with Crippen LogP contribution in [0.2, 0.25) is 0 Å². The molecule has 1 heteroatoms. The third-order valence-electron chi connectivity index (χ3n) is 4.07. The van der Waals surface area contributed by atoms with Crippen LogP contribution in [-0.4, -0.2) is 4.57 Å². The number of aromatic nitrogens is 1. The fraction of sp³-hybridized carbons (Fsp3) is 0.368. The molecule has 0 aliphatic heterocycles. The fourth-order valence-electron chi connectivity index (χ4n) is 3.16. The van der Waals surface area contributed by atoms with Gasteiger partial charge in [0.15, 0.2) is 0 Å². The molecule has 104 valence electrons. The summed E-state index contributed by atoms with van der Waals surface area (Å²) < 4.78 is 2.50. The first-order valence-electron chi connectivity index (χ1n) is 7.76. The maximum Gasteiger partial charge on any atom is 0.0494 e. The molecular formula is C19H23N. The van der Waals surface area contributed by atoms with Crippen molar-refractivity contribution >= 4 is 21.8 Å². The van der Waals surface area contributed by atoms with Gasteiger partial charge in [-0.1, -0.05) is 44.5 Å². The van der Waals surface area contributed by atoms with E-state index in [1.807, 2.05) is 0 Å². The summed E-state index contributed by atoms with van der Waals surface area (Å²) in [5.41, 5.74) is 5.58. The predicted octanol–water partition coefficient (Wildman–Crippen LogP) is 5.47. The second-order valence-electron chi connectivity index (χ2n) is 5.77. The second-order valence-corrected chi connectivity index (χ2v) is 5.77. The maximum absolute atomic E-state index is 2.50. The maximum atomic E-state index is 2.50. The monoisotopic (exact) mass is 265 g/mol. The first-order chi connectivity index (χ1) is 9.74. The molecular weight excluding hydrogens is 242 g/mol. The molecule has 0 spiro atoms. The molecule has 0 atom stereocenters. The summed E-state index contributed by atoms with van der Waals surface area (Å²) in [5.74, 6) is 0. The first kappa shape index (κ1) is 13.2. The number of hydrogen-bond donors (Lipinski definition) is 0. The van der Waals surface area contributed by atoms with Crippen LogP contribution in [0, 0.1) is 6.92 Å². The summed E-state index contributed by atoms with van der Waals surface area (Å²) in [7, 11) is 0. The van der Waals surface area contributed by atoms with Crippen LogP contribution in [0.3, 0.4) is 0 Å². The summed E-state index contributed by atoms with van der Waals surface area (Å²) in [4.78, 5) is 0. The molecule has 20 heavy (non-hydrogen) atoms. The van der Waals surface area contributed by atoms with Gasteiger partial charge in [-0.2, -0.15) is 0 Å². The average molecular weight is 265 g/mol. The smallest absolute Gasteiger partial charge is 0.0494 e. The van der Waals surface area contributed by atoms with Gasteiger partial charge in [-0.05, 0) is 43.0 Å². The van der Waals surface area contributed by atoms with Crippen molar-refractivity contribution in [3.63, 3.8) is 0 Å². The standard InChI is InChI=1S/C19H23N/c1-4-6-15-8-10-17-16-9-7-14(3)12-18(16)20(11-5-2)19(17)13-15/h7-10,12-13H,4-6,11H2,1-3H3. The molecule has 1 aromatic heterocycles. The average Bonchev–Trinajstić information content (AvgIpc) is 2.73. The van der Waals surface area contributed by atoms with E-state index in [4.69, 9.17) is 0 Å². The van der Waals surface area contributed by atoms with Crippen molar-refractivity contribution in [2.45, 2.75) is 46.6 Å². The minimum Gasteiger partial charge on any atom is -0.340 e. The van der Waals surface area contributed by atoms with Crippen LogP contribution in [-0.2, 0) is 13.0 Å². The third-order valence-corrected chi connectivity index (χ3v) is 4.07. The van der Waals surface area contributed by atoms with Crippen LogP contribution in [0.15, 0.2) is 36.4 Å². The quantitative estimate of drug-likeness (QED) is 0.590. The Bertz CT molecular complexity index is 749. The van der Waals surface area contributed by atoms with E-state index in [0.717, 1.165) is 6.54 Å². The SMILES string of the molecule is CCCc1ccc2c3ccc(C)cc3n(CCC)c2c1. The minimum atomic E-state index is 1.10. The molecule has 0 aliphatic rings. The van der Waals surface area contributed by atoms with Crippen LogP contribution in [0.4, 0.5) is 0 Å². The molecule has 3 rings (SSSR count). The Kier molecular flexibility index (Phi) is 3.52. The zero-order valence-corrected chi connectivity index (χ0v) is 12.7. The first-order valence-corrected chi connectivity index (χ1v) is 7.76. The van der Waals surface area contributed by atoms with Crippen LogP contribution in [0.25, 0.3) is 21.8 Å². The van der Waals surface area contributed by atoms with E-state index in [1.165, 1.54) is 52.2 Å². The predicted molar refractivity (Wildman–Crippen MR) is 88.5 cm³/mol. The van der Waals surface area contributed by atoms with Gasteiger partial charge in [-0.3, -0.25) is 0 Å². The van der Waals surface area contributed by atoms with Crippen LogP contribution < -0.4 is 0 Å². The van der Waals surface area contributed by atoms with Crippen molar-refractivity contribution in [2.75, 3.05) is 0 Å². The second kappa shape index (κ2) is 5.32. The summed E-state index contributed by atoms with van der Waals surface area (Å²) in [6, 6.07) is 13.8. The van der Waals surface area contributed by atoms with E-state index < -0.39 is 0 Å². The van der Waals surface area contributed by atoms with Crippen LogP contribution >= 0.6 is 0 Å². The zero-order chi connectivity index (χ0) is 14.1. The Morgan fingerprint density at radius 1 is 0.850 bits per heavy atom. The molecule has 1 nitrogen and oxygen atoms in total. The lowest BCUT2D eigenvalue weighted by molar-refractivity contribution is 0.723. The third kappa shape index (κ3) is 2.11.